The molecule has 0 bridgehead atoms. The van der Waals surface area contributed by atoms with Crippen molar-refractivity contribution in [3.05, 3.63) is 63.7 Å². The summed E-state index contributed by atoms with van der Waals surface area (Å²) in [6.45, 7) is -0.445. The summed E-state index contributed by atoms with van der Waals surface area (Å²) in [7, 11) is 1.51. The van der Waals surface area contributed by atoms with Crippen LogP contribution in [-0.4, -0.2) is 41.4 Å². The Morgan fingerprint density at radius 3 is 2.33 bits per heavy atom. The number of nitro benzene ring substituents is 1. The van der Waals surface area contributed by atoms with Crippen molar-refractivity contribution in [2.24, 2.45) is 0 Å². The van der Waals surface area contributed by atoms with Crippen molar-refractivity contribution in [3.8, 4) is 11.5 Å². The highest BCUT2D eigenvalue weighted by atomic mass is 16.6. The molecule has 3 rings (SSSR count). The zero-order chi connectivity index (χ0) is 19.6. The van der Waals surface area contributed by atoms with Gasteiger partial charge in [0.2, 0.25) is 0 Å². The number of carbonyl (C=O) groups excluding carboxylic acids is 3. The minimum absolute atomic E-state index is 0.0260. The summed E-state index contributed by atoms with van der Waals surface area (Å²) >= 11 is 0. The van der Waals surface area contributed by atoms with Crippen molar-refractivity contribution in [1.82, 2.24) is 10.4 Å². The van der Waals surface area contributed by atoms with Gasteiger partial charge in [-0.2, -0.15) is 5.01 Å². The van der Waals surface area contributed by atoms with Crippen molar-refractivity contribution in [2.45, 2.75) is 0 Å². The van der Waals surface area contributed by atoms with Gasteiger partial charge in [-0.25, -0.2) is 0 Å². The summed E-state index contributed by atoms with van der Waals surface area (Å²) in [6.07, 6.45) is 0. The van der Waals surface area contributed by atoms with E-state index in [2.05, 4.69) is 5.43 Å². The average molecular weight is 371 g/mol. The quantitative estimate of drug-likeness (QED) is 0.460. The number of hydrogen-bond donors (Lipinski definition) is 1. The lowest BCUT2D eigenvalue weighted by Gasteiger charge is -2.15. The Kier molecular flexibility index (Phi) is 4.71. The summed E-state index contributed by atoms with van der Waals surface area (Å²) in [5.41, 5.74) is 1.64. The Morgan fingerprint density at radius 2 is 1.70 bits per heavy atom. The second-order valence-corrected chi connectivity index (χ2v) is 5.43. The van der Waals surface area contributed by atoms with Gasteiger partial charge in [-0.05, 0) is 30.3 Å². The van der Waals surface area contributed by atoms with E-state index < -0.39 is 29.3 Å². The highest BCUT2D eigenvalue weighted by Gasteiger charge is 2.38. The minimum atomic E-state index is -0.850. The van der Waals surface area contributed by atoms with E-state index in [4.69, 9.17) is 9.47 Å². The maximum Gasteiger partial charge on any atom is 0.280 e. The number of carbonyl (C=O) groups is 3. The van der Waals surface area contributed by atoms with Crippen molar-refractivity contribution >= 4 is 23.4 Å². The van der Waals surface area contributed by atoms with Gasteiger partial charge in [-0.1, -0.05) is 0 Å². The van der Waals surface area contributed by atoms with Gasteiger partial charge in [-0.3, -0.25) is 29.9 Å². The number of nitro groups is 1. The van der Waals surface area contributed by atoms with Crippen LogP contribution in [0.25, 0.3) is 0 Å². The lowest BCUT2D eigenvalue weighted by molar-refractivity contribution is -0.384. The van der Waals surface area contributed by atoms with E-state index in [0.717, 1.165) is 12.1 Å². The lowest BCUT2D eigenvalue weighted by atomic mass is 10.1. The summed E-state index contributed by atoms with van der Waals surface area (Å²) in [6, 6.07) is 9.75. The topological polar surface area (TPSA) is 128 Å². The third-order valence-corrected chi connectivity index (χ3v) is 3.75. The number of non-ortho nitro benzene ring substituents is 1. The highest BCUT2D eigenvalue weighted by Crippen LogP contribution is 2.25. The number of rotatable bonds is 6. The van der Waals surface area contributed by atoms with Gasteiger partial charge in [0.25, 0.3) is 23.4 Å². The smallest absolute Gasteiger partial charge is 0.280 e. The standard InChI is InChI=1S/C17H13N3O7/c1-26-11-3-5-12(6-4-11)27-9-15(21)18-19-16(22)13-7-2-10(20(24)25)8-14(13)17(19)23/h2-8H,9H2,1H3,(H,18,21). The highest BCUT2D eigenvalue weighted by molar-refractivity contribution is 6.22. The number of nitrogens with one attached hydrogen (secondary N) is 1. The fourth-order valence-corrected chi connectivity index (χ4v) is 2.42. The fourth-order valence-electron chi connectivity index (χ4n) is 2.42. The monoisotopic (exact) mass is 371 g/mol. The van der Waals surface area contributed by atoms with Crippen LogP contribution >= 0.6 is 0 Å². The molecule has 0 unspecified atom stereocenters. The predicted molar refractivity (Wildman–Crippen MR) is 90.2 cm³/mol. The summed E-state index contributed by atoms with van der Waals surface area (Å²) in [4.78, 5) is 46.6. The molecule has 0 saturated heterocycles. The molecule has 10 nitrogen and oxygen atoms in total. The Labute approximate surface area is 152 Å². The molecule has 2 aromatic rings. The molecule has 2 aromatic carbocycles. The minimum Gasteiger partial charge on any atom is -0.497 e. The van der Waals surface area contributed by atoms with Crippen LogP contribution in [0.5, 0.6) is 11.5 Å². The number of nitrogens with zero attached hydrogens (tertiary/aromatic N) is 2. The zero-order valence-corrected chi connectivity index (χ0v) is 14.0. The normalized spacial score (nSPS) is 12.6. The fraction of sp³-hybridized carbons (Fsp3) is 0.118. The van der Waals surface area contributed by atoms with Crippen LogP contribution in [-0.2, 0) is 4.79 Å². The van der Waals surface area contributed by atoms with Crippen LogP contribution in [0.4, 0.5) is 5.69 Å². The third kappa shape index (κ3) is 3.54. The molecule has 0 spiro atoms. The molecule has 1 aliphatic heterocycles. The molecule has 1 aliphatic rings. The second kappa shape index (κ2) is 7.12. The molecular formula is C17H13N3O7. The molecule has 0 aromatic heterocycles. The van der Waals surface area contributed by atoms with Crippen LogP contribution < -0.4 is 14.9 Å². The Balaban J connectivity index is 1.64. The van der Waals surface area contributed by atoms with Crippen LogP contribution in [0, 0.1) is 10.1 Å². The largest absolute Gasteiger partial charge is 0.497 e. The van der Waals surface area contributed by atoms with Crippen LogP contribution in [0.3, 0.4) is 0 Å². The maximum atomic E-state index is 12.3. The molecule has 0 atom stereocenters. The van der Waals surface area contributed by atoms with E-state index in [0.29, 0.717) is 16.5 Å². The maximum absolute atomic E-state index is 12.3. The van der Waals surface area contributed by atoms with Crippen molar-refractivity contribution in [1.29, 1.82) is 0 Å². The van der Waals surface area contributed by atoms with E-state index >= 15 is 0 Å². The number of benzene rings is 2. The number of amides is 3. The van der Waals surface area contributed by atoms with Crippen molar-refractivity contribution in [2.75, 3.05) is 13.7 Å². The molecule has 10 heteroatoms. The van der Waals surface area contributed by atoms with Crippen molar-refractivity contribution < 1.29 is 28.8 Å². The first-order chi connectivity index (χ1) is 12.9. The second-order valence-electron chi connectivity index (χ2n) is 5.43. The third-order valence-electron chi connectivity index (χ3n) is 3.75. The van der Waals surface area contributed by atoms with Gasteiger partial charge >= 0.3 is 0 Å². The summed E-state index contributed by atoms with van der Waals surface area (Å²) < 4.78 is 10.3. The Bertz CT molecular complexity index is 940. The van der Waals surface area contributed by atoms with E-state index in [1.54, 1.807) is 24.3 Å². The van der Waals surface area contributed by atoms with Gasteiger partial charge in [0, 0.05) is 12.1 Å². The number of methoxy groups -OCH3 is 1. The number of hydrazine groups is 1. The van der Waals surface area contributed by atoms with E-state index in [1.807, 2.05) is 0 Å². The van der Waals surface area contributed by atoms with E-state index in [9.17, 15) is 24.5 Å². The number of ether oxygens (including phenoxy) is 2. The molecule has 0 fully saturated rings. The first kappa shape index (κ1) is 17.9. The molecule has 3 amide bonds. The molecule has 1 N–H and O–H groups in total. The van der Waals surface area contributed by atoms with E-state index in [-0.39, 0.29) is 16.8 Å². The van der Waals surface area contributed by atoms with Gasteiger partial charge < -0.3 is 9.47 Å². The number of fused-ring (bicyclic) bond motifs is 1. The van der Waals surface area contributed by atoms with E-state index in [1.165, 1.54) is 13.2 Å². The predicted octanol–water partition coefficient (Wildman–Crippen LogP) is 1.31. The van der Waals surface area contributed by atoms with Gasteiger partial charge in [0.05, 0.1) is 23.2 Å². The molecule has 0 radical (unpaired) electrons. The molecule has 0 aliphatic carbocycles. The summed E-state index contributed by atoms with van der Waals surface area (Å²) in [5.74, 6) is -1.36. The SMILES string of the molecule is COc1ccc(OCC(=O)NN2C(=O)c3ccc([N+](=O)[O-])cc3C2=O)cc1. The number of imide groups is 1. The van der Waals surface area contributed by atoms with Crippen molar-refractivity contribution in [3.63, 3.8) is 0 Å². The van der Waals surface area contributed by atoms with Crippen LogP contribution in [0.2, 0.25) is 0 Å². The van der Waals surface area contributed by atoms with Gasteiger partial charge in [0.1, 0.15) is 11.5 Å². The Hall–Kier alpha value is -3.95. The molecular weight excluding hydrogens is 358 g/mol. The first-order valence-electron chi connectivity index (χ1n) is 7.64. The lowest BCUT2D eigenvalue weighted by Crippen LogP contribution is -2.47. The first-order valence-corrected chi connectivity index (χ1v) is 7.64. The van der Waals surface area contributed by atoms with Gasteiger partial charge in [-0.15, -0.1) is 0 Å². The van der Waals surface area contributed by atoms with Crippen LogP contribution in [0.15, 0.2) is 42.5 Å². The summed E-state index contributed by atoms with van der Waals surface area (Å²) in [5, 5.41) is 11.3. The molecule has 27 heavy (non-hydrogen) atoms. The number of hydrogen-bond acceptors (Lipinski definition) is 7. The van der Waals surface area contributed by atoms with Gasteiger partial charge in [0.15, 0.2) is 6.61 Å². The molecule has 0 saturated carbocycles. The molecule has 138 valence electrons. The zero-order valence-electron chi connectivity index (χ0n) is 14.0. The van der Waals surface area contributed by atoms with Crippen LogP contribution in [0.1, 0.15) is 20.7 Å². The molecule has 1 heterocycles. The average Bonchev–Trinajstić information content (AvgIpc) is 2.91. The Morgan fingerprint density at radius 1 is 1.07 bits per heavy atom.